The summed E-state index contributed by atoms with van der Waals surface area (Å²) in [5.74, 6) is 0.121. The molecule has 6 nitrogen and oxygen atoms in total. The summed E-state index contributed by atoms with van der Waals surface area (Å²) in [6, 6.07) is 13.8. The largest absolute Gasteiger partial charge is 0.384 e. The molecule has 148 valence electrons. The van der Waals surface area contributed by atoms with E-state index in [0.29, 0.717) is 22.5 Å². The number of aryl methyl sites for hydroxylation is 2. The molecule has 0 bridgehead atoms. The Labute approximate surface area is 169 Å². The topological polar surface area (TPSA) is 85.8 Å². The van der Waals surface area contributed by atoms with Gasteiger partial charge in [0.2, 0.25) is 0 Å². The Kier molecular flexibility index (Phi) is 4.70. The molecule has 0 radical (unpaired) electrons. The zero-order valence-corrected chi connectivity index (χ0v) is 17.2. The SMILES string of the molecule is CC[C@H](C)NC(=O)c1c(N)n(-c2cc(C)cc(C)c2)c2nc3ccccc3nc12. The van der Waals surface area contributed by atoms with Crippen LogP contribution in [0.2, 0.25) is 0 Å². The second-order valence-electron chi connectivity index (χ2n) is 7.61. The molecule has 0 spiro atoms. The van der Waals surface area contributed by atoms with Crippen molar-refractivity contribution in [1.82, 2.24) is 19.9 Å². The fraction of sp³-hybridized carbons (Fsp3) is 0.261. The molecule has 0 aliphatic heterocycles. The molecule has 4 rings (SSSR count). The van der Waals surface area contributed by atoms with Crippen molar-refractivity contribution >= 4 is 33.9 Å². The van der Waals surface area contributed by atoms with E-state index in [9.17, 15) is 4.79 Å². The summed E-state index contributed by atoms with van der Waals surface area (Å²) in [5, 5.41) is 3.01. The number of nitrogen functional groups attached to an aromatic ring is 1. The lowest BCUT2D eigenvalue weighted by Gasteiger charge is -2.12. The quantitative estimate of drug-likeness (QED) is 0.547. The summed E-state index contributed by atoms with van der Waals surface area (Å²) >= 11 is 0. The third-order valence-corrected chi connectivity index (χ3v) is 5.18. The van der Waals surface area contributed by atoms with Crippen LogP contribution in [0.15, 0.2) is 42.5 Å². The molecule has 0 aliphatic carbocycles. The molecular weight excluding hydrogens is 362 g/mol. The zero-order chi connectivity index (χ0) is 20.7. The fourth-order valence-electron chi connectivity index (χ4n) is 3.62. The van der Waals surface area contributed by atoms with Crippen LogP contribution in [0.25, 0.3) is 27.9 Å². The predicted molar refractivity (Wildman–Crippen MR) is 117 cm³/mol. The standard InChI is InChI=1S/C23H25N5O/c1-5-15(4)25-23(29)19-20-22(27-18-9-7-6-8-17(18)26-20)28(21(19)24)16-11-13(2)10-14(3)12-16/h6-12,15H,5,24H2,1-4H3,(H,25,29)/t15-/m0/s1. The van der Waals surface area contributed by atoms with Crippen LogP contribution in [-0.2, 0) is 0 Å². The van der Waals surface area contributed by atoms with E-state index >= 15 is 0 Å². The number of anilines is 1. The van der Waals surface area contributed by atoms with E-state index in [1.807, 2.05) is 68.7 Å². The fourth-order valence-corrected chi connectivity index (χ4v) is 3.62. The number of nitrogens with two attached hydrogens (primary N) is 1. The zero-order valence-electron chi connectivity index (χ0n) is 17.2. The Morgan fingerprint density at radius 2 is 1.72 bits per heavy atom. The van der Waals surface area contributed by atoms with Crippen molar-refractivity contribution < 1.29 is 4.79 Å². The Hall–Kier alpha value is -3.41. The van der Waals surface area contributed by atoms with Gasteiger partial charge in [-0.3, -0.25) is 9.36 Å². The van der Waals surface area contributed by atoms with Gasteiger partial charge in [-0.1, -0.05) is 25.1 Å². The first kappa shape index (κ1) is 18.9. The first-order valence-electron chi connectivity index (χ1n) is 9.85. The van der Waals surface area contributed by atoms with Crippen molar-refractivity contribution in [3.8, 4) is 5.69 Å². The second-order valence-corrected chi connectivity index (χ2v) is 7.61. The lowest BCUT2D eigenvalue weighted by atomic mass is 10.1. The molecule has 29 heavy (non-hydrogen) atoms. The number of amides is 1. The summed E-state index contributed by atoms with van der Waals surface area (Å²) in [5.41, 5.74) is 12.6. The minimum Gasteiger partial charge on any atom is -0.384 e. The molecular formula is C23H25N5O. The van der Waals surface area contributed by atoms with Crippen molar-refractivity contribution in [3.63, 3.8) is 0 Å². The van der Waals surface area contributed by atoms with Crippen molar-refractivity contribution in [2.24, 2.45) is 0 Å². The molecule has 0 saturated heterocycles. The molecule has 2 aromatic carbocycles. The van der Waals surface area contributed by atoms with Crippen molar-refractivity contribution in [1.29, 1.82) is 0 Å². The summed E-state index contributed by atoms with van der Waals surface area (Å²) in [7, 11) is 0. The number of para-hydroxylation sites is 2. The normalized spacial score (nSPS) is 12.4. The van der Waals surface area contributed by atoms with Crippen LogP contribution in [0.4, 0.5) is 5.82 Å². The molecule has 1 amide bonds. The second kappa shape index (κ2) is 7.20. The van der Waals surface area contributed by atoms with Crippen LogP contribution < -0.4 is 11.1 Å². The molecule has 0 unspecified atom stereocenters. The highest BCUT2D eigenvalue weighted by atomic mass is 16.1. The van der Waals surface area contributed by atoms with Gasteiger partial charge in [-0.05, 0) is 62.6 Å². The van der Waals surface area contributed by atoms with Gasteiger partial charge in [-0.25, -0.2) is 9.97 Å². The van der Waals surface area contributed by atoms with Gasteiger partial charge in [0.15, 0.2) is 5.65 Å². The maximum Gasteiger partial charge on any atom is 0.257 e. The van der Waals surface area contributed by atoms with Crippen molar-refractivity contribution in [3.05, 3.63) is 59.2 Å². The van der Waals surface area contributed by atoms with Crippen LogP contribution in [0.1, 0.15) is 41.8 Å². The summed E-state index contributed by atoms with van der Waals surface area (Å²) < 4.78 is 1.83. The first-order valence-corrected chi connectivity index (χ1v) is 9.85. The number of carbonyl (C=O) groups is 1. The molecule has 1 atom stereocenters. The maximum atomic E-state index is 13.1. The highest BCUT2D eigenvalue weighted by molar-refractivity contribution is 6.11. The van der Waals surface area contributed by atoms with Gasteiger partial charge in [0.05, 0.1) is 11.0 Å². The molecule has 3 N–H and O–H groups in total. The van der Waals surface area contributed by atoms with Gasteiger partial charge >= 0.3 is 0 Å². The average molecular weight is 387 g/mol. The maximum absolute atomic E-state index is 13.1. The highest BCUT2D eigenvalue weighted by Crippen LogP contribution is 2.31. The number of nitrogens with one attached hydrogen (secondary N) is 1. The minimum absolute atomic E-state index is 0.0370. The lowest BCUT2D eigenvalue weighted by molar-refractivity contribution is 0.0941. The van der Waals surface area contributed by atoms with E-state index in [4.69, 9.17) is 15.7 Å². The summed E-state index contributed by atoms with van der Waals surface area (Å²) in [4.78, 5) is 22.7. The first-order chi connectivity index (χ1) is 13.9. The number of benzene rings is 2. The van der Waals surface area contributed by atoms with Crippen LogP contribution >= 0.6 is 0 Å². The lowest BCUT2D eigenvalue weighted by Crippen LogP contribution is -2.32. The molecule has 0 saturated carbocycles. The van der Waals surface area contributed by atoms with Gasteiger partial charge in [-0.15, -0.1) is 0 Å². The van der Waals surface area contributed by atoms with Crippen molar-refractivity contribution in [2.75, 3.05) is 5.73 Å². The molecule has 4 aromatic rings. The van der Waals surface area contributed by atoms with Gasteiger partial charge in [0.1, 0.15) is 16.9 Å². The number of rotatable bonds is 4. The molecule has 6 heteroatoms. The predicted octanol–water partition coefficient (Wildman–Crippen LogP) is 4.30. The number of hydrogen-bond donors (Lipinski definition) is 2. The van der Waals surface area contributed by atoms with E-state index in [0.717, 1.165) is 34.3 Å². The van der Waals surface area contributed by atoms with Gasteiger partial charge in [0, 0.05) is 11.7 Å². The number of fused-ring (bicyclic) bond motifs is 2. The summed E-state index contributed by atoms with van der Waals surface area (Å²) in [6.45, 7) is 8.07. The Balaban J connectivity index is 2.05. The molecule has 2 aromatic heterocycles. The van der Waals surface area contributed by atoms with E-state index < -0.39 is 0 Å². The van der Waals surface area contributed by atoms with Crippen molar-refractivity contribution in [2.45, 2.75) is 40.2 Å². The van der Waals surface area contributed by atoms with Gasteiger partial charge in [-0.2, -0.15) is 0 Å². The average Bonchev–Trinajstić information content (AvgIpc) is 2.96. The monoisotopic (exact) mass is 387 g/mol. The number of nitrogens with zero attached hydrogens (tertiary/aromatic N) is 3. The Bertz CT molecular complexity index is 1220. The molecule has 0 fully saturated rings. The third kappa shape index (κ3) is 3.31. The van der Waals surface area contributed by atoms with E-state index in [1.165, 1.54) is 0 Å². The Morgan fingerprint density at radius 3 is 2.34 bits per heavy atom. The third-order valence-electron chi connectivity index (χ3n) is 5.18. The molecule has 0 aliphatic rings. The molecule has 2 heterocycles. The van der Waals surface area contributed by atoms with E-state index in [2.05, 4.69) is 11.4 Å². The van der Waals surface area contributed by atoms with E-state index in [1.54, 1.807) is 0 Å². The van der Waals surface area contributed by atoms with Crippen LogP contribution in [0.3, 0.4) is 0 Å². The Morgan fingerprint density at radius 1 is 1.10 bits per heavy atom. The summed E-state index contributed by atoms with van der Waals surface area (Å²) in [6.07, 6.45) is 0.829. The van der Waals surface area contributed by atoms with Gasteiger partial charge in [0.25, 0.3) is 5.91 Å². The van der Waals surface area contributed by atoms with Crippen LogP contribution in [0, 0.1) is 13.8 Å². The smallest absolute Gasteiger partial charge is 0.257 e. The number of hydrogen-bond acceptors (Lipinski definition) is 4. The van der Waals surface area contributed by atoms with Gasteiger partial charge < -0.3 is 11.1 Å². The number of aromatic nitrogens is 3. The van der Waals surface area contributed by atoms with Crippen LogP contribution in [-0.4, -0.2) is 26.5 Å². The number of carbonyl (C=O) groups excluding carboxylic acids is 1. The van der Waals surface area contributed by atoms with E-state index in [-0.39, 0.29) is 11.9 Å². The minimum atomic E-state index is -0.227. The highest BCUT2D eigenvalue weighted by Gasteiger charge is 2.25. The van der Waals surface area contributed by atoms with Crippen LogP contribution in [0.5, 0.6) is 0 Å².